The molecule has 1 atom stereocenters. The Morgan fingerprint density at radius 2 is 1.81 bits per heavy atom. The van der Waals surface area contributed by atoms with Gasteiger partial charge in [0.15, 0.2) is 5.82 Å². The van der Waals surface area contributed by atoms with E-state index < -0.39 is 28.8 Å². The van der Waals surface area contributed by atoms with Crippen LogP contribution in [0.15, 0.2) is 65.3 Å². The summed E-state index contributed by atoms with van der Waals surface area (Å²) in [6, 6.07) is 13.9. The number of nitrogens with one attached hydrogen (secondary N) is 1. The molecule has 12 heteroatoms. The summed E-state index contributed by atoms with van der Waals surface area (Å²) in [6.07, 6.45) is -4.04. The van der Waals surface area contributed by atoms with Crippen molar-refractivity contribution >= 4 is 22.4 Å². The first-order valence-electron chi connectivity index (χ1n) is 11.3. The molecule has 0 aliphatic carbocycles. The molecule has 37 heavy (non-hydrogen) atoms. The van der Waals surface area contributed by atoms with Crippen molar-refractivity contribution in [3.8, 4) is 0 Å². The van der Waals surface area contributed by atoms with E-state index in [-0.39, 0.29) is 35.1 Å². The predicted molar refractivity (Wildman–Crippen MR) is 131 cm³/mol. The van der Waals surface area contributed by atoms with Gasteiger partial charge in [-0.25, -0.2) is 0 Å². The third kappa shape index (κ3) is 6.46. The fourth-order valence-electron chi connectivity index (χ4n) is 3.65. The monoisotopic (exact) mass is 520 g/mol. The number of nitro benzene ring substituents is 1. The highest BCUT2D eigenvalue weighted by atomic mass is 19.4. The van der Waals surface area contributed by atoms with Crippen LogP contribution >= 0.6 is 0 Å². The number of anilines is 1. The maximum absolute atomic E-state index is 14.2. The quantitative estimate of drug-likeness (QED) is 0.227. The van der Waals surface area contributed by atoms with Crippen molar-refractivity contribution < 1.29 is 32.8 Å². The average molecular weight is 521 g/mol. The summed E-state index contributed by atoms with van der Waals surface area (Å²) in [7, 11) is 0. The van der Waals surface area contributed by atoms with Crippen LogP contribution < -0.4 is 5.32 Å². The number of rotatable bonds is 7. The Morgan fingerprint density at radius 1 is 1.16 bits per heavy atom. The van der Waals surface area contributed by atoms with Gasteiger partial charge in [-0.3, -0.25) is 10.1 Å². The maximum Gasteiger partial charge on any atom is 0.423 e. The molecule has 198 valence electrons. The number of nitrogens with zero attached hydrogens (tertiary/aromatic N) is 3. The SMILES string of the molecule is CC(C)O.Cc1cc(NCC(O)(c2cn(Cc3ccccc3)c3cc([N+](=O)[O-])ccc23)C(F)(F)F)no1. The zero-order chi connectivity index (χ0) is 27.4. The van der Waals surface area contributed by atoms with Crippen LogP contribution in [0.2, 0.25) is 0 Å². The van der Waals surface area contributed by atoms with E-state index in [9.17, 15) is 28.4 Å². The van der Waals surface area contributed by atoms with E-state index in [0.29, 0.717) is 5.76 Å². The number of hydrogen-bond acceptors (Lipinski definition) is 7. The zero-order valence-corrected chi connectivity index (χ0v) is 20.4. The van der Waals surface area contributed by atoms with E-state index in [1.165, 1.54) is 29.0 Å². The lowest BCUT2D eigenvalue weighted by atomic mass is 9.92. The molecule has 0 spiro atoms. The van der Waals surface area contributed by atoms with E-state index in [4.69, 9.17) is 9.63 Å². The first-order chi connectivity index (χ1) is 17.3. The number of fused-ring (bicyclic) bond motifs is 1. The van der Waals surface area contributed by atoms with Gasteiger partial charge in [-0.1, -0.05) is 35.5 Å². The lowest BCUT2D eigenvalue weighted by Crippen LogP contribution is -2.47. The second-order valence-corrected chi connectivity index (χ2v) is 8.74. The fraction of sp³-hybridized carbons (Fsp3) is 0.320. The van der Waals surface area contributed by atoms with E-state index in [1.54, 1.807) is 51.1 Å². The molecule has 4 rings (SSSR count). The summed E-state index contributed by atoms with van der Waals surface area (Å²) in [5.74, 6) is 0.429. The van der Waals surface area contributed by atoms with Gasteiger partial charge in [-0.05, 0) is 32.4 Å². The van der Waals surface area contributed by atoms with Crippen LogP contribution in [0.3, 0.4) is 0 Å². The van der Waals surface area contributed by atoms with Crippen LogP contribution in [-0.4, -0.2) is 43.7 Å². The van der Waals surface area contributed by atoms with Crippen LogP contribution in [0.4, 0.5) is 24.7 Å². The van der Waals surface area contributed by atoms with Crippen LogP contribution in [-0.2, 0) is 12.1 Å². The van der Waals surface area contributed by atoms with Gasteiger partial charge in [-0.15, -0.1) is 0 Å². The van der Waals surface area contributed by atoms with Gasteiger partial charge in [0, 0.05) is 48.0 Å². The maximum atomic E-state index is 14.2. The summed E-state index contributed by atoms with van der Waals surface area (Å²) >= 11 is 0. The van der Waals surface area contributed by atoms with Crippen molar-refractivity contribution in [2.24, 2.45) is 0 Å². The highest BCUT2D eigenvalue weighted by Crippen LogP contribution is 2.43. The lowest BCUT2D eigenvalue weighted by Gasteiger charge is -2.30. The molecule has 0 fully saturated rings. The van der Waals surface area contributed by atoms with Gasteiger partial charge in [0.2, 0.25) is 5.60 Å². The lowest BCUT2D eigenvalue weighted by molar-refractivity contribution is -0.384. The Balaban J connectivity index is 0.000000886. The average Bonchev–Trinajstić information content (AvgIpc) is 3.40. The van der Waals surface area contributed by atoms with Crippen molar-refractivity contribution in [3.63, 3.8) is 0 Å². The Morgan fingerprint density at radius 3 is 2.35 bits per heavy atom. The fourth-order valence-corrected chi connectivity index (χ4v) is 3.65. The standard InChI is InChI=1S/C22H19F3N4O4.C3H8O/c1-14-9-20(27-33-14)26-13-21(30,22(23,24)25)18-12-28(11-15-5-3-2-4-6-15)19-10-16(29(31)32)7-8-17(18)19;1-3(2)4/h2-10,12,30H,11,13H2,1H3,(H,26,27);3-4H,1-2H3. The molecule has 0 radical (unpaired) electrons. The zero-order valence-electron chi connectivity index (χ0n) is 20.4. The van der Waals surface area contributed by atoms with Crippen molar-refractivity contribution in [1.29, 1.82) is 0 Å². The topological polar surface area (TPSA) is 127 Å². The molecule has 4 aromatic rings. The minimum absolute atomic E-state index is 0.0406. The normalized spacial score (nSPS) is 13.2. The van der Waals surface area contributed by atoms with Crippen LogP contribution in [0.25, 0.3) is 10.9 Å². The molecule has 0 aliphatic heterocycles. The smallest absolute Gasteiger partial charge is 0.394 e. The van der Waals surface area contributed by atoms with Gasteiger partial charge >= 0.3 is 6.18 Å². The van der Waals surface area contributed by atoms with E-state index >= 15 is 0 Å². The number of aliphatic hydroxyl groups excluding tert-OH is 1. The number of benzene rings is 2. The molecular weight excluding hydrogens is 493 g/mol. The number of nitro groups is 1. The van der Waals surface area contributed by atoms with Crippen molar-refractivity contribution in [3.05, 3.63) is 87.8 Å². The third-order valence-electron chi connectivity index (χ3n) is 5.34. The van der Waals surface area contributed by atoms with Gasteiger partial charge in [0.05, 0.1) is 17.0 Å². The van der Waals surface area contributed by atoms with E-state index in [2.05, 4.69) is 10.5 Å². The van der Waals surface area contributed by atoms with Crippen LogP contribution in [0.5, 0.6) is 0 Å². The molecular formula is C25H27F3N4O5. The summed E-state index contributed by atoms with van der Waals surface area (Å²) in [5, 5.41) is 36.4. The number of aliphatic hydroxyl groups is 2. The molecule has 9 nitrogen and oxygen atoms in total. The number of aryl methyl sites for hydroxylation is 1. The number of halogens is 3. The Kier molecular flexibility index (Phi) is 8.24. The molecule has 0 amide bonds. The molecule has 0 saturated carbocycles. The molecule has 0 bridgehead atoms. The molecule has 2 aromatic heterocycles. The Labute approximate surface area is 210 Å². The molecule has 0 aliphatic rings. The number of aromatic nitrogens is 2. The molecule has 1 unspecified atom stereocenters. The van der Waals surface area contributed by atoms with Gasteiger partial charge in [0.1, 0.15) is 5.76 Å². The van der Waals surface area contributed by atoms with Crippen molar-refractivity contribution in [2.45, 2.75) is 45.2 Å². The van der Waals surface area contributed by atoms with E-state index in [1.807, 2.05) is 0 Å². The predicted octanol–water partition coefficient (Wildman–Crippen LogP) is 5.14. The highest BCUT2D eigenvalue weighted by Gasteiger charge is 2.56. The molecule has 3 N–H and O–H groups in total. The second-order valence-electron chi connectivity index (χ2n) is 8.74. The van der Waals surface area contributed by atoms with Gasteiger partial charge in [0.25, 0.3) is 5.69 Å². The first-order valence-corrected chi connectivity index (χ1v) is 11.3. The summed E-state index contributed by atoms with van der Waals surface area (Å²) in [5.41, 5.74) is -3.03. The minimum Gasteiger partial charge on any atom is -0.394 e. The summed E-state index contributed by atoms with van der Waals surface area (Å²) in [4.78, 5) is 10.7. The number of non-ortho nitro benzene ring substituents is 1. The van der Waals surface area contributed by atoms with Crippen molar-refractivity contribution in [1.82, 2.24) is 9.72 Å². The van der Waals surface area contributed by atoms with Crippen LogP contribution in [0, 0.1) is 17.0 Å². The Bertz CT molecular complexity index is 1350. The van der Waals surface area contributed by atoms with Gasteiger partial charge in [-0.2, -0.15) is 13.2 Å². The number of alkyl halides is 3. The minimum atomic E-state index is -5.06. The molecule has 0 saturated heterocycles. The number of hydrogen-bond donors (Lipinski definition) is 3. The van der Waals surface area contributed by atoms with E-state index in [0.717, 1.165) is 11.6 Å². The second kappa shape index (κ2) is 11.0. The van der Waals surface area contributed by atoms with Crippen molar-refractivity contribution in [2.75, 3.05) is 11.9 Å². The highest BCUT2D eigenvalue weighted by molar-refractivity contribution is 5.87. The first kappa shape index (κ1) is 27.7. The summed E-state index contributed by atoms with van der Waals surface area (Å²) in [6.45, 7) is 4.24. The molecule has 2 aromatic carbocycles. The Hall–Kier alpha value is -3.90. The third-order valence-corrected chi connectivity index (χ3v) is 5.34. The molecule has 2 heterocycles. The van der Waals surface area contributed by atoms with Gasteiger partial charge < -0.3 is 24.6 Å². The largest absolute Gasteiger partial charge is 0.423 e. The van der Waals surface area contributed by atoms with Crippen LogP contribution in [0.1, 0.15) is 30.7 Å². The summed E-state index contributed by atoms with van der Waals surface area (Å²) < 4.78 is 49.0.